The molecule has 3 aromatic rings. The van der Waals surface area contributed by atoms with E-state index in [0.29, 0.717) is 16.3 Å². The number of hydrogen-bond donors (Lipinski definition) is 1. The molecule has 7 heteroatoms. The van der Waals surface area contributed by atoms with E-state index >= 15 is 0 Å². The highest BCUT2D eigenvalue weighted by Gasteiger charge is 2.26. The number of rotatable bonds is 3. The topological polar surface area (TPSA) is 107 Å². The molecule has 0 amide bonds. The number of hydrogen-bond acceptors (Lipinski definition) is 5. The fraction of sp³-hybridized carbons (Fsp3) is 0. The molecular weight excluding hydrogens is 300 g/mol. The Bertz CT molecular complexity index is 935. The molecule has 114 valence electrons. The third-order valence-electron chi connectivity index (χ3n) is 3.55. The summed E-state index contributed by atoms with van der Waals surface area (Å²) in [6.45, 7) is 0. The lowest BCUT2D eigenvalue weighted by molar-refractivity contribution is -0.392. The first-order valence-electron chi connectivity index (χ1n) is 6.63. The maximum Gasteiger partial charge on any atom is 0.284 e. The van der Waals surface area contributed by atoms with Gasteiger partial charge in [-0.05, 0) is 23.8 Å². The molecule has 7 nitrogen and oxygen atoms in total. The smallest absolute Gasteiger partial charge is 0.284 e. The summed E-state index contributed by atoms with van der Waals surface area (Å²) < 4.78 is 0. The molecule has 1 N–H and O–H groups in total. The molecule has 23 heavy (non-hydrogen) atoms. The molecule has 0 saturated heterocycles. The van der Waals surface area contributed by atoms with Gasteiger partial charge in [-0.25, -0.2) is 0 Å². The minimum absolute atomic E-state index is 0.0302. The second-order valence-corrected chi connectivity index (χ2v) is 4.90. The first kappa shape index (κ1) is 14.5. The van der Waals surface area contributed by atoms with Gasteiger partial charge in [0, 0.05) is 5.39 Å². The van der Waals surface area contributed by atoms with Crippen LogP contribution < -0.4 is 0 Å². The average Bonchev–Trinajstić information content (AvgIpc) is 2.54. The Labute approximate surface area is 129 Å². The van der Waals surface area contributed by atoms with Gasteiger partial charge in [-0.2, -0.15) is 0 Å². The molecule has 0 unspecified atom stereocenters. The minimum atomic E-state index is -0.637. The largest absolute Gasteiger partial charge is 0.508 e. The number of phenols is 1. The van der Waals surface area contributed by atoms with Crippen molar-refractivity contribution < 1.29 is 15.0 Å². The van der Waals surface area contributed by atoms with E-state index in [1.54, 1.807) is 24.3 Å². The highest BCUT2D eigenvalue weighted by molar-refractivity contribution is 6.05. The van der Waals surface area contributed by atoms with Crippen LogP contribution in [0.3, 0.4) is 0 Å². The van der Waals surface area contributed by atoms with Gasteiger partial charge in [0.05, 0.1) is 26.9 Å². The zero-order valence-corrected chi connectivity index (χ0v) is 11.7. The van der Waals surface area contributed by atoms with Crippen molar-refractivity contribution in [1.82, 2.24) is 0 Å². The van der Waals surface area contributed by atoms with Gasteiger partial charge in [0.2, 0.25) is 0 Å². The lowest BCUT2D eigenvalue weighted by atomic mass is 9.95. The third kappa shape index (κ3) is 2.44. The summed E-state index contributed by atoms with van der Waals surface area (Å²) in [6, 6.07) is 13.3. The Kier molecular flexibility index (Phi) is 3.38. The maximum atomic E-state index is 11.4. The molecule has 0 heterocycles. The van der Waals surface area contributed by atoms with E-state index in [2.05, 4.69) is 0 Å². The van der Waals surface area contributed by atoms with E-state index in [4.69, 9.17) is 0 Å². The number of non-ortho nitro benzene ring substituents is 1. The van der Waals surface area contributed by atoms with Crippen molar-refractivity contribution in [2.75, 3.05) is 0 Å². The quantitative estimate of drug-likeness (QED) is 0.580. The van der Waals surface area contributed by atoms with E-state index < -0.39 is 9.85 Å². The van der Waals surface area contributed by atoms with Crippen LogP contribution in [-0.4, -0.2) is 15.0 Å². The zero-order valence-electron chi connectivity index (χ0n) is 11.7. The Morgan fingerprint density at radius 3 is 1.91 bits per heavy atom. The summed E-state index contributed by atoms with van der Waals surface area (Å²) in [5.41, 5.74) is 0.132. The standard InChI is InChI=1S/C16H10N2O5/c19-11-7-5-10(6-8-11)16-13-4-2-1-3-12(13)14(17(20)21)9-15(16)18(22)23/h1-9,19H. The predicted molar refractivity (Wildman–Crippen MR) is 84.4 cm³/mol. The molecular formula is C16H10N2O5. The van der Waals surface area contributed by atoms with Crippen LogP contribution in [0.2, 0.25) is 0 Å². The van der Waals surface area contributed by atoms with E-state index in [9.17, 15) is 25.3 Å². The fourth-order valence-corrected chi connectivity index (χ4v) is 2.57. The fourth-order valence-electron chi connectivity index (χ4n) is 2.57. The number of fused-ring (bicyclic) bond motifs is 1. The van der Waals surface area contributed by atoms with Gasteiger partial charge in [0.1, 0.15) is 5.75 Å². The van der Waals surface area contributed by atoms with Crippen LogP contribution in [0.4, 0.5) is 11.4 Å². The summed E-state index contributed by atoms with van der Waals surface area (Å²) in [7, 11) is 0. The highest BCUT2D eigenvalue weighted by Crippen LogP contribution is 2.41. The lowest BCUT2D eigenvalue weighted by Gasteiger charge is -2.09. The first-order valence-corrected chi connectivity index (χ1v) is 6.63. The van der Waals surface area contributed by atoms with E-state index in [1.807, 2.05) is 0 Å². The zero-order chi connectivity index (χ0) is 16.6. The summed E-state index contributed by atoms with van der Waals surface area (Å²) >= 11 is 0. The number of phenolic OH excluding ortho intramolecular Hbond substituents is 1. The van der Waals surface area contributed by atoms with Gasteiger partial charge in [-0.3, -0.25) is 20.2 Å². The van der Waals surface area contributed by atoms with E-state index in [-0.39, 0.29) is 22.7 Å². The number of nitrogens with zero attached hydrogens (tertiary/aromatic N) is 2. The normalized spacial score (nSPS) is 10.6. The molecule has 0 radical (unpaired) electrons. The number of nitro groups is 2. The Balaban J connectivity index is 2.46. The van der Waals surface area contributed by atoms with Crippen LogP contribution in [0.25, 0.3) is 21.9 Å². The van der Waals surface area contributed by atoms with Crippen LogP contribution in [0.5, 0.6) is 5.75 Å². The number of benzene rings is 3. The first-order chi connectivity index (χ1) is 11.0. The van der Waals surface area contributed by atoms with Crippen LogP contribution in [-0.2, 0) is 0 Å². The van der Waals surface area contributed by atoms with Crippen molar-refractivity contribution in [3.63, 3.8) is 0 Å². The van der Waals surface area contributed by atoms with Crippen molar-refractivity contribution in [1.29, 1.82) is 0 Å². The van der Waals surface area contributed by atoms with E-state index in [1.165, 1.54) is 24.3 Å². The summed E-state index contributed by atoms with van der Waals surface area (Å²) in [5.74, 6) is 0.0302. The predicted octanol–water partition coefficient (Wildman–Crippen LogP) is 4.03. The Morgan fingerprint density at radius 1 is 0.783 bits per heavy atom. The Hall–Kier alpha value is -3.48. The number of aromatic hydroxyl groups is 1. The summed E-state index contributed by atoms with van der Waals surface area (Å²) in [6.07, 6.45) is 0. The molecule has 0 aliphatic carbocycles. The van der Waals surface area contributed by atoms with Gasteiger partial charge in [-0.15, -0.1) is 0 Å². The molecule has 3 rings (SSSR count). The molecule has 0 bridgehead atoms. The molecule has 3 aromatic carbocycles. The molecule has 0 saturated carbocycles. The van der Waals surface area contributed by atoms with Gasteiger partial charge in [0.25, 0.3) is 11.4 Å². The molecule has 0 aliphatic rings. The Morgan fingerprint density at radius 2 is 1.35 bits per heavy atom. The summed E-state index contributed by atoms with van der Waals surface area (Å²) in [4.78, 5) is 21.4. The van der Waals surface area contributed by atoms with Crippen molar-refractivity contribution >= 4 is 22.1 Å². The molecule has 0 spiro atoms. The second kappa shape index (κ2) is 5.38. The van der Waals surface area contributed by atoms with Gasteiger partial charge in [0.15, 0.2) is 0 Å². The van der Waals surface area contributed by atoms with Gasteiger partial charge >= 0.3 is 0 Å². The average molecular weight is 310 g/mol. The SMILES string of the molecule is O=[N+]([O-])c1cc([N+](=O)[O-])c2ccccc2c1-c1ccc(O)cc1. The van der Waals surface area contributed by atoms with Crippen molar-refractivity contribution in [2.24, 2.45) is 0 Å². The molecule has 0 aliphatic heterocycles. The number of nitro benzene ring substituents is 2. The molecule has 0 fully saturated rings. The minimum Gasteiger partial charge on any atom is -0.508 e. The van der Waals surface area contributed by atoms with Crippen LogP contribution in [0.1, 0.15) is 0 Å². The molecule has 0 atom stereocenters. The van der Waals surface area contributed by atoms with Crippen LogP contribution in [0, 0.1) is 20.2 Å². The molecule has 0 aromatic heterocycles. The van der Waals surface area contributed by atoms with Gasteiger partial charge in [-0.1, -0.05) is 30.3 Å². The highest BCUT2D eigenvalue weighted by atomic mass is 16.6. The van der Waals surface area contributed by atoms with Gasteiger partial charge < -0.3 is 5.11 Å². The van der Waals surface area contributed by atoms with Crippen molar-refractivity contribution in [3.8, 4) is 16.9 Å². The summed E-state index contributed by atoms with van der Waals surface area (Å²) in [5, 5.41) is 32.8. The second-order valence-electron chi connectivity index (χ2n) is 4.90. The van der Waals surface area contributed by atoms with Crippen molar-refractivity contribution in [3.05, 3.63) is 74.8 Å². The maximum absolute atomic E-state index is 11.4. The van der Waals surface area contributed by atoms with E-state index in [0.717, 1.165) is 6.07 Å². The lowest BCUT2D eigenvalue weighted by Crippen LogP contribution is -1.97. The van der Waals surface area contributed by atoms with Crippen molar-refractivity contribution in [2.45, 2.75) is 0 Å². The van der Waals surface area contributed by atoms with Crippen LogP contribution >= 0.6 is 0 Å². The monoisotopic (exact) mass is 310 g/mol. The third-order valence-corrected chi connectivity index (χ3v) is 3.55. The van der Waals surface area contributed by atoms with Crippen LogP contribution in [0.15, 0.2) is 54.6 Å².